The minimum atomic E-state index is -3.06. The van der Waals surface area contributed by atoms with Gasteiger partial charge in [-0.3, -0.25) is 24.1 Å². The zero-order valence-electron chi connectivity index (χ0n) is 28.3. The van der Waals surface area contributed by atoms with Crippen molar-refractivity contribution in [2.75, 3.05) is 0 Å². The number of nitrogens with one attached hydrogen (secondary N) is 1. The lowest BCUT2D eigenvalue weighted by atomic mass is 9.98. The number of imidazole rings is 1. The van der Waals surface area contributed by atoms with Crippen LogP contribution in [0, 0.1) is 12.7 Å². The fraction of sp³-hybridized carbons (Fsp3) is 0.250. The van der Waals surface area contributed by atoms with Gasteiger partial charge in [-0.05, 0) is 48.4 Å². The topological polar surface area (TPSA) is 154 Å². The molecule has 0 saturated carbocycles. The number of fused-ring (bicyclic) bond motifs is 2. The first-order valence-electron chi connectivity index (χ1n) is 15.9. The smallest absolute Gasteiger partial charge is 0.335 e. The summed E-state index contributed by atoms with van der Waals surface area (Å²) in [6.45, 7) is 5.49. The Labute approximate surface area is 288 Å². The fourth-order valence-electron chi connectivity index (χ4n) is 5.89. The highest BCUT2D eigenvalue weighted by Crippen LogP contribution is 2.27. The van der Waals surface area contributed by atoms with Gasteiger partial charge in [-0.15, -0.1) is 0 Å². The van der Waals surface area contributed by atoms with Crippen LogP contribution < -0.4 is 16.6 Å². The molecule has 6 aromatic rings. The Kier molecular flexibility index (Phi) is 10.2. The number of halogens is 3. The molecular weight excluding hydrogens is 667 g/mol. The average Bonchev–Trinajstić information content (AvgIpc) is 3.55. The second kappa shape index (κ2) is 14.4. The van der Waals surface area contributed by atoms with Crippen molar-refractivity contribution in [2.24, 2.45) is 7.05 Å². The summed E-state index contributed by atoms with van der Waals surface area (Å²) in [5, 5.41) is 13.1. The molecule has 0 spiro atoms. The molecule has 15 heteroatoms. The monoisotopic (exact) mass is 701 g/mol. The van der Waals surface area contributed by atoms with Gasteiger partial charge in [-0.2, -0.15) is 0 Å². The van der Waals surface area contributed by atoms with Crippen LogP contribution in [0.25, 0.3) is 38.9 Å². The van der Waals surface area contributed by atoms with Crippen LogP contribution in [-0.4, -0.2) is 57.6 Å². The van der Waals surface area contributed by atoms with Crippen LogP contribution in [-0.2, 0) is 24.8 Å². The maximum absolute atomic E-state index is 15.4. The minimum Gasteiger partial charge on any atom is -0.480 e. The SMILES string of the molecule is CC.Cc1cc(-c2nccn2CC(C)(F)F)cc(F)c1C(=O)N[C@@H](Cc1ccc(-n2c(=O)c3ccncc3n(C)c2=O)c2ncccc12)C(=O)O. The Morgan fingerprint density at radius 2 is 1.76 bits per heavy atom. The molecule has 0 aliphatic carbocycles. The predicted molar refractivity (Wildman–Crippen MR) is 185 cm³/mol. The molecule has 4 aromatic heterocycles. The summed E-state index contributed by atoms with van der Waals surface area (Å²) in [6, 6.07) is 8.61. The third-order valence-electron chi connectivity index (χ3n) is 8.12. The van der Waals surface area contributed by atoms with E-state index < -0.39 is 53.0 Å². The third kappa shape index (κ3) is 7.13. The van der Waals surface area contributed by atoms with Crippen LogP contribution in [0.2, 0.25) is 0 Å². The molecular formula is C36H34F3N7O5. The standard InChI is InChI=1S/C34H28F3N7O5.C2H6/c1-18-13-20(29-40-11-12-43(29)17-34(2,36)37)14-23(35)27(18)30(45)41-24(32(47)48)15-19-6-7-25(28-21(19)5-4-9-39-28)44-31(46)22-8-10-38-16-26(22)42(3)33(44)49;1-2/h4-14,16,24H,15,17H2,1-3H3,(H,41,45)(H,47,48);1-2H3/t24-;/m0./s1. The molecule has 0 bridgehead atoms. The lowest BCUT2D eigenvalue weighted by Gasteiger charge is -2.19. The van der Waals surface area contributed by atoms with Crippen LogP contribution in [0.1, 0.15) is 42.3 Å². The number of rotatable bonds is 9. The number of hydrogen-bond donors (Lipinski definition) is 2. The van der Waals surface area contributed by atoms with Gasteiger partial charge in [0.25, 0.3) is 17.4 Å². The summed E-state index contributed by atoms with van der Waals surface area (Å²) in [4.78, 5) is 65.0. The van der Waals surface area contributed by atoms with Crippen molar-refractivity contribution in [3.05, 3.63) is 117 Å². The number of hydrogen-bond acceptors (Lipinski definition) is 7. The van der Waals surface area contributed by atoms with E-state index in [0.29, 0.717) is 16.5 Å². The largest absolute Gasteiger partial charge is 0.480 e. The summed E-state index contributed by atoms with van der Waals surface area (Å²) in [5.41, 5.74) is -0.197. The van der Waals surface area contributed by atoms with Crippen molar-refractivity contribution in [3.63, 3.8) is 0 Å². The van der Waals surface area contributed by atoms with Crippen LogP contribution in [0.5, 0.6) is 0 Å². The number of nitrogens with zero attached hydrogens (tertiary/aromatic N) is 6. The third-order valence-corrected chi connectivity index (χ3v) is 8.12. The zero-order chi connectivity index (χ0) is 37.2. The Bertz CT molecular complexity index is 2390. The van der Waals surface area contributed by atoms with Gasteiger partial charge < -0.3 is 15.0 Å². The van der Waals surface area contributed by atoms with E-state index in [9.17, 15) is 33.1 Å². The highest BCUT2D eigenvalue weighted by Gasteiger charge is 2.27. The van der Waals surface area contributed by atoms with Gasteiger partial charge in [0.2, 0.25) is 0 Å². The number of alkyl halides is 2. The van der Waals surface area contributed by atoms with Crippen LogP contribution >= 0.6 is 0 Å². The van der Waals surface area contributed by atoms with Gasteiger partial charge >= 0.3 is 11.7 Å². The number of carboxylic acid groups (broad SMARTS) is 1. The molecule has 0 radical (unpaired) electrons. The van der Waals surface area contributed by atoms with Crippen LogP contribution in [0.4, 0.5) is 13.2 Å². The van der Waals surface area contributed by atoms with Crippen molar-refractivity contribution >= 4 is 33.7 Å². The number of pyridine rings is 2. The Morgan fingerprint density at radius 1 is 1.02 bits per heavy atom. The number of carboxylic acids is 1. The number of aliphatic carboxylic acids is 1. The molecule has 1 atom stereocenters. The van der Waals surface area contributed by atoms with Gasteiger partial charge in [0.05, 0.1) is 40.4 Å². The molecule has 4 heterocycles. The molecule has 0 fully saturated rings. The second-order valence-corrected chi connectivity index (χ2v) is 11.7. The maximum atomic E-state index is 15.4. The molecule has 2 aromatic carbocycles. The molecule has 0 unspecified atom stereocenters. The van der Waals surface area contributed by atoms with Gasteiger partial charge in [0, 0.05) is 56.1 Å². The highest BCUT2D eigenvalue weighted by molar-refractivity contribution is 5.99. The lowest BCUT2D eigenvalue weighted by molar-refractivity contribution is -0.139. The first kappa shape index (κ1) is 36.2. The van der Waals surface area contributed by atoms with Crippen molar-refractivity contribution in [1.29, 1.82) is 0 Å². The van der Waals surface area contributed by atoms with E-state index >= 15 is 4.39 Å². The number of carbonyl (C=O) groups is 2. The lowest BCUT2D eigenvalue weighted by Crippen LogP contribution is -2.43. The Morgan fingerprint density at radius 3 is 2.45 bits per heavy atom. The van der Waals surface area contributed by atoms with Crippen LogP contribution in [0.15, 0.2) is 83.0 Å². The minimum absolute atomic E-state index is 0.0728. The summed E-state index contributed by atoms with van der Waals surface area (Å²) in [6.07, 6.45) is 6.68. The van der Waals surface area contributed by atoms with Crippen molar-refractivity contribution in [1.82, 2.24) is 34.0 Å². The van der Waals surface area contributed by atoms with Gasteiger partial charge in [0.1, 0.15) is 17.7 Å². The predicted octanol–water partition coefficient (Wildman–Crippen LogP) is 5.05. The second-order valence-electron chi connectivity index (χ2n) is 11.7. The average molecular weight is 702 g/mol. The van der Waals surface area contributed by atoms with E-state index in [0.717, 1.165) is 17.6 Å². The first-order chi connectivity index (χ1) is 24.2. The normalized spacial score (nSPS) is 12.0. The van der Waals surface area contributed by atoms with E-state index in [-0.39, 0.29) is 40.0 Å². The van der Waals surface area contributed by atoms with Gasteiger partial charge in [-0.1, -0.05) is 26.0 Å². The van der Waals surface area contributed by atoms with Crippen LogP contribution in [0.3, 0.4) is 0 Å². The Balaban J connectivity index is 0.00000248. The summed E-state index contributed by atoms with van der Waals surface area (Å²) < 4.78 is 46.2. The molecule has 264 valence electrons. The summed E-state index contributed by atoms with van der Waals surface area (Å²) >= 11 is 0. The molecule has 0 aliphatic rings. The molecule has 2 N–H and O–H groups in total. The molecule has 0 aliphatic heterocycles. The number of carbonyl (C=O) groups excluding carboxylic acids is 1. The first-order valence-corrected chi connectivity index (χ1v) is 15.9. The Hall–Kier alpha value is -6.12. The molecule has 1 amide bonds. The van der Waals surface area contributed by atoms with E-state index in [1.165, 1.54) is 78.4 Å². The highest BCUT2D eigenvalue weighted by atomic mass is 19.3. The van der Waals surface area contributed by atoms with Gasteiger partial charge in [-0.25, -0.2) is 32.3 Å². The van der Waals surface area contributed by atoms with Crippen molar-refractivity contribution in [2.45, 2.75) is 52.6 Å². The molecule has 12 nitrogen and oxygen atoms in total. The van der Waals surface area contributed by atoms with E-state index in [1.54, 1.807) is 12.1 Å². The molecule has 51 heavy (non-hydrogen) atoms. The molecule has 0 saturated heterocycles. The summed E-state index contributed by atoms with van der Waals surface area (Å²) in [5.74, 6) is -6.38. The van der Waals surface area contributed by atoms with E-state index in [2.05, 4.69) is 20.3 Å². The number of aryl methyl sites for hydroxylation is 2. The van der Waals surface area contributed by atoms with E-state index in [4.69, 9.17) is 0 Å². The van der Waals surface area contributed by atoms with E-state index in [1.807, 2.05) is 13.8 Å². The summed E-state index contributed by atoms with van der Waals surface area (Å²) in [7, 11) is 1.51. The van der Waals surface area contributed by atoms with Crippen molar-refractivity contribution < 1.29 is 27.9 Å². The maximum Gasteiger partial charge on any atom is 0.335 e. The quantitative estimate of drug-likeness (QED) is 0.212. The number of benzene rings is 2. The zero-order valence-corrected chi connectivity index (χ0v) is 28.3. The number of amides is 1. The fourth-order valence-corrected chi connectivity index (χ4v) is 5.89. The van der Waals surface area contributed by atoms with Gasteiger partial charge in [0.15, 0.2) is 0 Å². The molecule has 6 rings (SSSR count). The number of aromatic nitrogens is 6. The van der Waals surface area contributed by atoms with Crippen molar-refractivity contribution in [3.8, 4) is 17.1 Å².